The van der Waals surface area contributed by atoms with Crippen molar-refractivity contribution in [1.29, 1.82) is 0 Å². The Balaban J connectivity index is 2.01. The molecule has 1 aliphatic rings. The molecule has 0 aliphatic heterocycles. The second-order valence-corrected chi connectivity index (χ2v) is 4.98. The van der Waals surface area contributed by atoms with Crippen molar-refractivity contribution in [3.05, 3.63) is 59.8 Å². The molecule has 4 rings (SSSR count). The predicted molar refractivity (Wildman–Crippen MR) is 82.4 cm³/mol. The van der Waals surface area contributed by atoms with Crippen LogP contribution in [0, 0.1) is 0 Å². The van der Waals surface area contributed by atoms with Gasteiger partial charge >= 0.3 is 5.97 Å². The van der Waals surface area contributed by atoms with Crippen LogP contribution in [0.5, 0.6) is 0 Å². The maximum atomic E-state index is 11.1. The highest BCUT2D eigenvalue weighted by Crippen LogP contribution is 2.35. The monoisotopic (exact) mass is 289 g/mol. The molecule has 1 aliphatic carbocycles. The Kier molecular flexibility index (Phi) is 2.72. The molecule has 1 aromatic heterocycles. The topological polar surface area (TPSA) is 64.4 Å². The molecule has 1 heterocycles. The van der Waals surface area contributed by atoms with Crippen molar-refractivity contribution in [3.63, 3.8) is 0 Å². The average Bonchev–Trinajstić information content (AvgIpc) is 2.84. The van der Waals surface area contributed by atoms with E-state index in [9.17, 15) is 4.79 Å². The van der Waals surface area contributed by atoms with E-state index in [0.717, 1.165) is 27.9 Å². The largest absolute Gasteiger partial charge is 0.332 e. The second-order valence-electron chi connectivity index (χ2n) is 4.98. The van der Waals surface area contributed by atoms with Crippen molar-refractivity contribution in [2.45, 2.75) is 6.92 Å². The number of benzene rings is 2. The molecular formula is C17H11N3O2. The van der Waals surface area contributed by atoms with Crippen LogP contribution in [0.1, 0.15) is 18.2 Å². The Labute approximate surface area is 126 Å². The first-order valence-electron chi connectivity index (χ1n) is 6.86. The first-order valence-corrected chi connectivity index (χ1v) is 6.86. The van der Waals surface area contributed by atoms with Gasteiger partial charge in [0, 0.05) is 18.1 Å². The molecule has 0 amide bonds. The van der Waals surface area contributed by atoms with E-state index >= 15 is 0 Å². The quantitative estimate of drug-likeness (QED) is 0.399. The number of hydrogen-bond donors (Lipinski definition) is 0. The van der Waals surface area contributed by atoms with Gasteiger partial charge in [0.05, 0.1) is 16.7 Å². The zero-order chi connectivity index (χ0) is 15.1. The highest BCUT2D eigenvalue weighted by molar-refractivity contribution is 6.23. The van der Waals surface area contributed by atoms with Crippen LogP contribution in [0.25, 0.3) is 22.3 Å². The van der Waals surface area contributed by atoms with Crippen molar-refractivity contribution in [3.8, 4) is 11.3 Å². The lowest BCUT2D eigenvalue weighted by atomic mass is 10.1. The maximum Gasteiger partial charge on any atom is 0.332 e. The normalized spacial score (nSPS) is 14.0. The highest BCUT2D eigenvalue weighted by Gasteiger charge is 2.29. The van der Waals surface area contributed by atoms with E-state index in [4.69, 9.17) is 9.82 Å². The minimum atomic E-state index is -0.466. The Morgan fingerprint density at radius 3 is 2.18 bits per heavy atom. The smallest absolute Gasteiger partial charge is 0.318 e. The highest BCUT2D eigenvalue weighted by atomic mass is 16.7. The van der Waals surface area contributed by atoms with Crippen LogP contribution in [0.2, 0.25) is 0 Å². The Morgan fingerprint density at radius 1 is 0.909 bits per heavy atom. The van der Waals surface area contributed by atoms with Gasteiger partial charge in [0.2, 0.25) is 0 Å². The van der Waals surface area contributed by atoms with Gasteiger partial charge in [-0.3, -0.25) is 0 Å². The average molecular weight is 289 g/mol. The lowest BCUT2D eigenvalue weighted by Crippen LogP contribution is -2.04. The molecule has 106 valence electrons. The summed E-state index contributed by atoms with van der Waals surface area (Å²) in [7, 11) is 0. The number of nitrogens with zero attached hydrogens (tertiary/aromatic N) is 3. The van der Waals surface area contributed by atoms with E-state index in [1.807, 2.05) is 48.5 Å². The lowest BCUT2D eigenvalue weighted by Gasteiger charge is -2.02. The number of carbonyl (C=O) groups excluding carboxylic acids is 1. The third-order valence-corrected chi connectivity index (χ3v) is 3.50. The summed E-state index contributed by atoms with van der Waals surface area (Å²) in [6.07, 6.45) is 0. The van der Waals surface area contributed by atoms with E-state index in [1.165, 1.54) is 6.92 Å². The van der Waals surface area contributed by atoms with E-state index < -0.39 is 5.97 Å². The molecule has 5 nitrogen and oxygen atoms in total. The Morgan fingerprint density at radius 2 is 1.50 bits per heavy atom. The zero-order valence-electron chi connectivity index (χ0n) is 11.8. The summed E-state index contributed by atoms with van der Waals surface area (Å²) in [5.41, 5.74) is 5.37. The van der Waals surface area contributed by atoms with Gasteiger partial charge in [-0.25, -0.2) is 14.8 Å². The third kappa shape index (κ3) is 1.87. The number of carbonyl (C=O) groups is 1. The van der Waals surface area contributed by atoms with Gasteiger partial charge in [0.1, 0.15) is 11.4 Å². The molecule has 0 saturated carbocycles. The molecule has 0 atom stereocenters. The van der Waals surface area contributed by atoms with Crippen LogP contribution in [-0.2, 0) is 9.63 Å². The summed E-state index contributed by atoms with van der Waals surface area (Å²) in [6.45, 7) is 1.32. The molecule has 0 fully saturated rings. The molecule has 2 aromatic carbocycles. The first-order chi connectivity index (χ1) is 10.7. The van der Waals surface area contributed by atoms with E-state index in [2.05, 4.69) is 10.1 Å². The van der Waals surface area contributed by atoms with Crippen molar-refractivity contribution in [2.24, 2.45) is 5.16 Å². The Hall–Kier alpha value is -3.08. The summed E-state index contributed by atoms with van der Waals surface area (Å²) in [4.78, 5) is 25.2. The number of aromatic nitrogens is 2. The Bertz CT molecular complexity index is 948. The van der Waals surface area contributed by atoms with Gasteiger partial charge in [-0.2, -0.15) is 0 Å². The summed E-state index contributed by atoms with van der Waals surface area (Å²) >= 11 is 0. The van der Waals surface area contributed by atoms with Gasteiger partial charge in [-0.15, -0.1) is 0 Å². The summed E-state index contributed by atoms with van der Waals surface area (Å²) in [6, 6.07) is 15.4. The third-order valence-electron chi connectivity index (χ3n) is 3.50. The van der Waals surface area contributed by atoms with Crippen LogP contribution in [0.4, 0.5) is 0 Å². The molecule has 0 spiro atoms. The molecule has 0 N–H and O–H groups in total. The van der Waals surface area contributed by atoms with Crippen LogP contribution in [0.15, 0.2) is 53.7 Å². The van der Waals surface area contributed by atoms with Crippen molar-refractivity contribution < 1.29 is 9.63 Å². The lowest BCUT2D eigenvalue weighted by molar-refractivity contribution is -0.140. The van der Waals surface area contributed by atoms with Gasteiger partial charge in [0.25, 0.3) is 0 Å². The zero-order valence-corrected chi connectivity index (χ0v) is 11.8. The number of oxime groups is 1. The van der Waals surface area contributed by atoms with Crippen LogP contribution < -0.4 is 0 Å². The maximum absolute atomic E-state index is 11.1. The molecule has 22 heavy (non-hydrogen) atoms. The summed E-state index contributed by atoms with van der Waals surface area (Å²) in [5, 5.41) is 3.98. The summed E-state index contributed by atoms with van der Waals surface area (Å²) < 4.78 is 0. The van der Waals surface area contributed by atoms with Gasteiger partial charge < -0.3 is 4.84 Å². The number of fused-ring (bicyclic) bond motifs is 4. The van der Waals surface area contributed by atoms with E-state index in [-0.39, 0.29) is 0 Å². The second kappa shape index (κ2) is 4.73. The first kappa shape index (κ1) is 12.6. The van der Waals surface area contributed by atoms with E-state index in [0.29, 0.717) is 11.4 Å². The predicted octanol–water partition coefficient (Wildman–Crippen LogP) is 2.93. The van der Waals surface area contributed by atoms with Gasteiger partial charge in [0.15, 0.2) is 0 Å². The SMILES string of the molecule is CC(=O)ON=C1c2ccccc2-c2nc3ccccc3nc21. The number of rotatable bonds is 1. The van der Waals surface area contributed by atoms with Crippen LogP contribution in [0.3, 0.4) is 0 Å². The molecule has 0 radical (unpaired) electrons. The van der Waals surface area contributed by atoms with Gasteiger partial charge in [-0.1, -0.05) is 41.6 Å². The molecule has 0 bridgehead atoms. The minimum Gasteiger partial charge on any atom is -0.318 e. The molecular weight excluding hydrogens is 278 g/mol. The van der Waals surface area contributed by atoms with E-state index in [1.54, 1.807) is 0 Å². The van der Waals surface area contributed by atoms with Crippen LogP contribution >= 0.6 is 0 Å². The minimum absolute atomic E-state index is 0.466. The van der Waals surface area contributed by atoms with Crippen molar-refractivity contribution in [2.75, 3.05) is 0 Å². The van der Waals surface area contributed by atoms with Crippen LogP contribution in [-0.4, -0.2) is 21.6 Å². The molecule has 0 unspecified atom stereocenters. The standard InChI is InChI=1S/C17H11N3O2/c1-10(21)22-20-16-12-7-3-2-6-11(12)15-17(16)19-14-9-5-4-8-13(14)18-15/h2-9H,1H3. The molecule has 3 aromatic rings. The number of hydrogen-bond acceptors (Lipinski definition) is 5. The summed E-state index contributed by atoms with van der Waals surface area (Å²) in [5.74, 6) is -0.466. The fourth-order valence-corrected chi connectivity index (χ4v) is 2.58. The fraction of sp³-hybridized carbons (Fsp3) is 0.0588. The van der Waals surface area contributed by atoms with Gasteiger partial charge in [-0.05, 0) is 12.1 Å². The number of para-hydroxylation sites is 2. The molecule has 0 saturated heterocycles. The fourth-order valence-electron chi connectivity index (χ4n) is 2.58. The molecule has 5 heteroatoms. The van der Waals surface area contributed by atoms with Crippen molar-refractivity contribution >= 4 is 22.7 Å². The van der Waals surface area contributed by atoms with Crippen molar-refractivity contribution in [1.82, 2.24) is 9.97 Å².